The molecular weight excluding hydrogens is 506 g/mol. The number of rotatable bonds is 10. The largest absolute Gasteiger partial charge is 0.496 e. The van der Waals surface area contributed by atoms with Crippen LogP contribution in [0.5, 0.6) is 17.2 Å². The Morgan fingerprint density at radius 2 is 1.68 bits per heavy atom. The Kier molecular flexibility index (Phi) is 8.98. The zero-order chi connectivity index (χ0) is 27.7. The lowest BCUT2D eigenvalue weighted by molar-refractivity contribution is -0.130. The number of piperazine rings is 1. The standard InChI is InChI=1S/C32H35N3O5/c1-38-28-12-6-5-10-26(28)11-7-15-34(31(36)22-25-8-3-2-4-9-25)19-16-33-17-20-35(21-18-33)32(37)27-13-14-29-30(23-27)40-24-39-29/h2-14,23H,15-22,24H2,1H3/b11-7+. The molecule has 0 bridgehead atoms. The molecule has 0 atom stereocenters. The lowest BCUT2D eigenvalue weighted by atomic mass is 10.1. The van der Waals surface area contributed by atoms with Gasteiger partial charge in [0.15, 0.2) is 11.5 Å². The molecule has 8 nitrogen and oxygen atoms in total. The molecule has 40 heavy (non-hydrogen) atoms. The Morgan fingerprint density at radius 1 is 0.925 bits per heavy atom. The summed E-state index contributed by atoms with van der Waals surface area (Å²) >= 11 is 0. The van der Waals surface area contributed by atoms with E-state index in [-0.39, 0.29) is 18.6 Å². The maximum Gasteiger partial charge on any atom is 0.254 e. The summed E-state index contributed by atoms with van der Waals surface area (Å²) in [5, 5.41) is 0. The Hall–Kier alpha value is -4.30. The maximum absolute atomic E-state index is 13.3. The summed E-state index contributed by atoms with van der Waals surface area (Å²) in [4.78, 5) is 32.5. The molecule has 8 heteroatoms. The second-order valence-electron chi connectivity index (χ2n) is 9.85. The fraction of sp³-hybridized carbons (Fsp3) is 0.312. The summed E-state index contributed by atoms with van der Waals surface area (Å²) < 4.78 is 16.2. The van der Waals surface area contributed by atoms with Gasteiger partial charge in [-0.2, -0.15) is 0 Å². The highest BCUT2D eigenvalue weighted by atomic mass is 16.7. The number of ether oxygens (including phenoxy) is 3. The van der Waals surface area contributed by atoms with Crippen molar-refractivity contribution in [2.45, 2.75) is 6.42 Å². The third kappa shape index (κ3) is 6.82. The summed E-state index contributed by atoms with van der Waals surface area (Å²) in [6.07, 6.45) is 4.38. The minimum absolute atomic E-state index is 0.000840. The summed E-state index contributed by atoms with van der Waals surface area (Å²) in [7, 11) is 1.66. The minimum atomic E-state index is -0.000840. The van der Waals surface area contributed by atoms with Gasteiger partial charge in [-0.25, -0.2) is 0 Å². The molecule has 1 saturated heterocycles. The van der Waals surface area contributed by atoms with Crippen LogP contribution in [-0.2, 0) is 11.2 Å². The topological polar surface area (TPSA) is 71.6 Å². The van der Waals surface area contributed by atoms with Crippen molar-refractivity contribution < 1.29 is 23.8 Å². The monoisotopic (exact) mass is 541 g/mol. The average Bonchev–Trinajstić information content (AvgIpc) is 3.47. The highest BCUT2D eigenvalue weighted by Gasteiger charge is 2.25. The van der Waals surface area contributed by atoms with E-state index < -0.39 is 0 Å². The highest BCUT2D eigenvalue weighted by Crippen LogP contribution is 2.32. The molecule has 0 N–H and O–H groups in total. The first kappa shape index (κ1) is 27.3. The highest BCUT2D eigenvalue weighted by molar-refractivity contribution is 5.95. The molecule has 0 aromatic heterocycles. The molecule has 3 aromatic carbocycles. The molecular formula is C32H35N3O5. The number of carbonyl (C=O) groups excluding carboxylic acids is 2. The molecule has 2 aliphatic heterocycles. The van der Waals surface area contributed by atoms with Crippen LogP contribution in [-0.4, -0.2) is 86.2 Å². The second kappa shape index (κ2) is 13.2. The van der Waals surface area contributed by atoms with E-state index in [1.807, 2.05) is 76.5 Å². The fourth-order valence-corrected chi connectivity index (χ4v) is 4.96. The van der Waals surface area contributed by atoms with Gasteiger partial charge >= 0.3 is 0 Å². The van der Waals surface area contributed by atoms with Crippen molar-refractivity contribution in [1.29, 1.82) is 0 Å². The lowest BCUT2D eigenvalue weighted by Gasteiger charge is -2.36. The van der Waals surface area contributed by atoms with E-state index in [0.29, 0.717) is 49.7 Å². The number of nitrogens with zero attached hydrogens (tertiary/aromatic N) is 3. The number of hydrogen-bond acceptors (Lipinski definition) is 6. The van der Waals surface area contributed by atoms with Gasteiger partial charge in [-0.05, 0) is 29.8 Å². The van der Waals surface area contributed by atoms with Crippen molar-refractivity contribution >= 4 is 17.9 Å². The molecule has 2 amide bonds. The van der Waals surface area contributed by atoms with Crippen molar-refractivity contribution in [2.24, 2.45) is 0 Å². The van der Waals surface area contributed by atoms with Crippen LogP contribution in [0.25, 0.3) is 6.08 Å². The minimum Gasteiger partial charge on any atom is -0.496 e. The Morgan fingerprint density at radius 3 is 2.48 bits per heavy atom. The third-order valence-electron chi connectivity index (χ3n) is 7.28. The van der Waals surface area contributed by atoms with E-state index in [1.54, 1.807) is 25.3 Å². The van der Waals surface area contributed by atoms with Crippen LogP contribution in [0.1, 0.15) is 21.5 Å². The molecule has 1 fully saturated rings. The first-order valence-electron chi connectivity index (χ1n) is 13.6. The first-order valence-corrected chi connectivity index (χ1v) is 13.6. The molecule has 0 saturated carbocycles. The van der Waals surface area contributed by atoms with Crippen LogP contribution < -0.4 is 14.2 Å². The van der Waals surface area contributed by atoms with Crippen molar-refractivity contribution in [2.75, 3.05) is 59.7 Å². The number of fused-ring (bicyclic) bond motifs is 1. The number of methoxy groups -OCH3 is 1. The zero-order valence-corrected chi connectivity index (χ0v) is 22.8. The molecule has 0 radical (unpaired) electrons. The number of hydrogen-bond donors (Lipinski definition) is 0. The van der Waals surface area contributed by atoms with E-state index in [1.165, 1.54) is 0 Å². The molecule has 208 valence electrons. The van der Waals surface area contributed by atoms with Gasteiger partial charge in [0.2, 0.25) is 12.7 Å². The van der Waals surface area contributed by atoms with E-state index >= 15 is 0 Å². The van der Waals surface area contributed by atoms with Gasteiger partial charge < -0.3 is 24.0 Å². The predicted molar refractivity (Wildman–Crippen MR) is 154 cm³/mol. The first-order chi connectivity index (χ1) is 19.6. The molecule has 0 unspecified atom stereocenters. The fourth-order valence-electron chi connectivity index (χ4n) is 4.96. The molecule has 3 aromatic rings. The summed E-state index contributed by atoms with van der Waals surface area (Å²) in [5.74, 6) is 2.18. The Bertz CT molecular complexity index is 1340. The maximum atomic E-state index is 13.3. The molecule has 0 aliphatic carbocycles. The van der Waals surface area contributed by atoms with E-state index in [2.05, 4.69) is 4.90 Å². The third-order valence-corrected chi connectivity index (χ3v) is 7.28. The van der Waals surface area contributed by atoms with E-state index in [9.17, 15) is 9.59 Å². The quantitative estimate of drug-likeness (QED) is 0.387. The van der Waals surface area contributed by atoms with Crippen molar-refractivity contribution in [3.05, 3.63) is 95.6 Å². The summed E-state index contributed by atoms with van der Waals surface area (Å²) in [5.41, 5.74) is 2.59. The van der Waals surface area contributed by atoms with Crippen molar-refractivity contribution in [3.63, 3.8) is 0 Å². The van der Waals surface area contributed by atoms with Gasteiger partial charge in [-0.3, -0.25) is 14.5 Å². The Balaban J connectivity index is 1.17. The van der Waals surface area contributed by atoms with Gasteiger partial charge in [0, 0.05) is 56.9 Å². The normalized spacial score (nSPS) is 14.9. The van der Waals surface area contributed by atoms with Gasteiger partial charge in [-0.15, -0.1) is 0 Å². The Labute approximate surface area is 235 Å². The molecule has 2 heterocycles. The van der Waals surface area contributed by atoms with Crippen LogP contribution in [0.2, 0.25) is 0 Å². The summed E-state index contributed by atoms with van der Waals surface area (Å²) in [6, 6.07) is 23.0. The molecule has 0 spiro atoms. The average molecular weight is 542 g/mol. The van der Waals surface area contributed by atoms with E-state index in [0.717, 1.165) is 36.5 Å². The van der Waals surface area contributed by atoms with Crippen LogP contribution in [0.4, 0.5) is 0 Å². The van der Waals surface area contributed by atoms with Crippen molar-refractivity contribution in [3.8, 4) is 17.2 Å². The second-order valence-corrected chi connectivity index (χ2v) is 9.85. The van der Waals surface area contributed by atoms with Crippen LogP contribution in [0, 0.1) is 0 Å². The van der Waals surface area contributed by atoms with Gasteiger partial charge in [-0.1, -0.05) is 60.7 Å². The predicted octanol–water partition coefficient (Wildman–Crippen LogP) is 3.97. The number of para-hydroxylation sites is 1. The van der Waals surface area contributed by atoms with Crippen molar-refractivity contribution in [1.82, 2.24) is 14.7 Å². The number of amides is 2. The number of benzene rings is 3. The van der Waals surface area contributed by atoms with Gasteiger partial charge in [0.1, 0.15) is 5.75 Å². The summed E-state index contributed by atoms with van der Waals surface area (Å²) in [6.45, 7) is 4.84. The SMILES string of the molecule is COc1ccccc1/C=C/CN(CCN1CCN(C(=O)c2ccc3c(c2)OCO3)CC1)C(=O)Cc1ccccc1. The smallest absolute Gasteiger partial charge is 0.254 e. The van der Waals surface area contributed by atoms with Crippen LogP contribution in [0.15, 0.2) is 78.9 Å². The zero-order valence-electron chi connectivity index (χ0n) is 22.8. The van der Waals surface area contributed by atoms with Crippen LogP contribution in [0.3, 0.4) is 0 Å². The van der Waals surface area contributed by atoms with Gasteiger partial charge in [0.25, 0.3) is 5.91 Å². The van der Waals surface area contributed by atoms with E-state index in [4.69, 9.17) is 14.2 Å². The molecule has 2 aliphatic rings. The molecule has 5 rings (SSSR count). The lowest BCUT2D eigenvalue weighted by Crippen LogP contribution is -2.50. The van der Waals surface area contributed by atoms with Gasteiger partial charge in [0.05, 0.1) is 13.5 Å². The number of carbonyl (C=O) groups is 2. The van der Waals surface area contributed by atoms with Crippen LogP contribution >= 0.6 is 0 Å².